The number of hydrogen-bond donors (Lipinski definition) is 1. The number of nitrogens with zero attached hydrogens (tertiary/aromatic N) is 2. The minimum atomic E-state index is -0.155. The zero-order valence-corrected chi connectivity index (χ0v) is 17.6. The highest BCUT2D eigenvalue weighted by Crippen LogP contribution is 2.26. The quantitative estimate of drug-likeness (QED) is 0.681. The van der Waals surface area contributed by atoms with Crippen LogP contribution in [0.3, 0.4) is 0 Å². The van der Waals surface area contributed by atoms with Gasteiger partial charge in [0, 0.05) is 36.0 Å². The van der Waals surface area contributed by atoms with Gasteiger partial charge in [-0.2, -0.15) is 0 Å². The topological polar surface area (TPSA) is 80.8 Å². The Balaban J connectivity index is 1.37. The molecule has 0 atom stereocenters. The molecule has 1 saturated heterocycles. The first-order valence-corrected chi connectivity index (χ1v) is 10.3. The molecule has 1 fully saturated rings. The number of benzene rings is 2. The maximum absolute atomic E-state index is 12.9. The van der Waals surface area contributed by atoms with Crippen molar-refractivity contribution >= 4 is 28.5 Å². The van der Waals surface area contributed by atoms with E-state index in [1.165, 1.54) is 0 Å². The first-order valence-electron chi connectivity index (χ1n) is 10.3. The number of anilines is 1. The normalized spacial score (nSPS) is 14.3. The number of ether oxygens (including phenoxy) is 2. The number of carbonyl (C=O) groups is 2. The van der Waals surface area contributed by atoms with Gasteiger partial charge < -0.3 is 19.7 Å². The molecule has 3 aromatic rings. The third-order valence-electron chi connectivity index (χ3n) is 5.60. The molecule has 1 N–H and O–H groups in total. The molecule has 4 rings (SSSR count). The maximum Gasteiger partial charge on any atom is 0.254 e. The van der Waals surface area contributed by atoms with Gasteiger partial charge in [0.25, 0.3) is 5.91 Å². The van der Waals surface area contributed by atoms with Crippen LogP contribution in [0.5, 0.6) is 11.5 Å². The van der Waals surface area contributed by atoms with Crippen LogP contribution in [0, 0.1) is 5.92 Å². The van der Waals surface area contributed by atoms with Crippen LogP contribution in [-0.2, 0) is 4.79 Å². The second kappa shape index (κ2) is 9.04. The Labute approximate surface area is 181 Å². The van der Waals surface area contributed by atoms with Crippen LogP contribution in [-0.4, -0.2) is 49.0 Å². The molecule has 2 heterocycles. The molecule has 1 aliphatic rings. The van der Waals surface area contributed by atoms with Crippen molar-refractivity contribution in [1.82, 2.24) is 9.88 Å². The summed E-state index contributed by atoms with van der Waals surface area (Å²) in [6.45, 7) is 1.03. The van der Waals surface area contributed by atoms with Crippen LogP contribution in [0.2, 0.25) is 0 Å². The van der Waals surface area contributed by atoms with Crippen molar-refractivity contribution in [2.45, 2.75) is 12.8 Å². The first kappa shape index (κ1) is 20.7. The molecule has 31 heavy (non-hydrogen) atoms. The van der Waals surface area contributed by atoms with Crippen LogP contribution < -0.4 is 14.8 Å². The van der Waals surface area contributed by atoms with Crippen molar-refractivity contribution in [2.24, 2.45) is 5.92 Å². The maximum atomic E-state index is 12.9. The van der Waals surface area contributed by atoms with Gasteiger partial charge in [-0.1, -0.05) is 18.2 Å². The number of pyridine rings is 1. The summed E-state index contributed by atoms with van der Waals surface area (Å²) in [5.41, 5.74) is 1.36. The van der Waals surface area contributed by atoms with E-state index in [0.29, 0.717) is 48.8 Å². The lowest BCUT2D eigenvalue weighted by Gasteiger charge is -2.31. The summed E-state index contributed by atoms with van der Waals surface area (Å²) >= 11 is 0. The smallest absolute Gasteiger partial charge is 0.254 e. The Bertz CT molecular complexity index is 1080. The van der Waals surface area contributed by atoms with Gasteiger partial charge in [0.2, 0.25) is 5.91 Å². The monoisotopic (exact) mass is 419 g/mol. The fourth-order valence-corrected chi connectivity index (χ4v) is 3.82. The van der Waals surface area contributed by atoms with E-state index in [-0.39, 0.29) is 17.7 Å². The SMILES string of the molecule is COc1cc(OC)cc(C(=O)N2CCC(C(=O)Nc3ccc4ccccc4n3)CC2)c1. The van der Waals surface area contributed by atoms with Crippen molar-refractivity contribution < 1.29 is 19.1 Å². The van der Waals surface area contributed by atoms with Gasteiger partial charge in [0.05, 0.1) is 19.7 Å². The van der Waals surface area contributed by atoms with E-state index in [4.69, 9.17) is 9.47 Å². The number of nitrogens with one attached hydrogen (secondary N) is 1. The molecule has 2 amide bonds. The molecule has 1 aliphatic heterocycles. The lowest BCUT2D eigenvalue weighted by Crippen LogP contribution is -2.41. The second-order valence-corrected chi connectivity index (χ2v) is 7.55. The predicted molar refractivity (Wildman–Crippen MR) is 119 cm³/mol. The fraction of sp³-hybridized carbons (Fsp3) is 0.292. The summed E-state index contributed by atoms with van der Waals surface area (Å²) in [7, 11) is 3.11. The Morgan fingerprint density at radius 3 is 2.32 bits per heavy atom. The molecule has 1 aromatic heterocycles. The fourth-order valence-electron chi connectivity index (χ4n) is 3.82. The Morgan fingerprint density at radius 2 is 1.65 bits per heavy atom. The minimum absolute atomic E-state index is 0.0575. The summed E-state index contributed by atoms with van der Waals surface area (Å²) in [4.78, 5) is 31.9. The molecule has 0 aliphatic carbocycles. The molecule has 2 aromatic carbocycles. The molecular formula is C24H25N3O4. The Morgan fingerprint density at radius 1 is 0.968 bits per heavy atom. The highest BCUT2D eigenvalue weighted by atomic mass is 16.5. The minimum Gasteiger partial charge on any atom is -0.497 e. The average molecular weight is 419 g/mol. The summed E-state index contributed by atoms with van der Waals surface area (Å²) in [5, 5.41) is 3.95. The molecule has 7 nitrogen and oxygen atoms in total. The number of methoxy groups -OCH3 is 2. The number of piperidine rings is 1. The molecule has 160 valence electrons. The number of carbonyl (C=O) groups excluding carboxylic acids is 2. The number of hydrogen-bond acceptors (Lipinski definition) is 5. The number of rotatable bonds is 5. The largest absolute Gasteiger partial charge is 0.497 e. The van der Waals surface area contributed by atoms with Crippen molar-refractivity contribution in [3.8, 4) is 11.5 Å². The number of fused-ring (bicyclic) bond motifs is 1. The standard InChI is InChI=1S/C24H25N3O4/c1-30-19-13-18(14-20(15-19)31-2)24(29)27-11-9-17(10-12-27)23(28)26-22-8-7-16-5-3-4-6-21(16)25-22/h3-8,13-15,17H,9-12H2,1-2H3,(H,25,26,28). The van der Waals surface area contributed by atoms with Gasteiger partial charge >= 0.3 is 0 Å². The molecule has 7 heteroatoms. The van der Waals surface area contributed by atoms with Gasteiger partial charge in [0.15, 0.2) is 0 Å². The number of aromatic nitrogens is 1. The van der Waals surface area contributed by atoms with E-state index in [9.17, 15) is 9.59 Å². The van der Waals surface area contributed by atoms with Crippen LogP contribution in [0.15, 0.2) is 54.6 Å². The third kappa shape index (κ3) is 4.60. The van der Waals surface area contributed by atoms with E-state index >= 15 is 0 Å². The third-order valence-corrected chi connectivity index (χ3v) is 5.60. The molecule has 0 unspecified atom stereocenters. The van der Waals surface area contributed by atoms with Crippen LogP contribution in [0.4, 0.5) is 5.82 Å². The van der Waals surface area contributed by atoms with E-state index in [1.807, 2.05) is 36.4 Å². The highest BCUT2D eigenvalue weighted by Gasteiger charge is 2.28. The lowest BCUT2D eigenvalue weighted by atomic mass is 9.95. The van der Waals surface area contributed by atoms with E-state index in [2.05, 4.69) is 10.3 Å². The van der Waals surface area contributed by atoms with Gasteiger partial charge in [0.1, 0.15) is 17.3 Å². The summed E-state index contributed by atoms with van der Waals surface area (Å²) < 4.78 is 10.5. The predicted octanol–water partition coefficient (Wildman–Crippen LogP) is 3.74. The van der Waals surface area contributed by atoms with Crippen LogP contribution >= 0.6 is 0 Å². The van der Waals surface area contributed by atoms with Crippen LogP contribution in [0.1, 0.15) is 23.2 Å². The average Bonchev–Trinajstić information content (AvgIpc) is 2.83. The van der Waals surface area contributed by atoms with Gasteiger partial charge in [-0.25, -0.2) is 4.98 Å². The van der Waals surface area contributed by atoms with Gasteiger partial charge in [-0.15, -0.1) is 0 Å². The molecule has 0 saturated carbocycles. The highest BCUT2D eigenvalue weighted by molar-refractivity contribution is 5.96. The van der Waals surface area contributed by atoms with Gasteiger partial charge in [-0.3, -0.25) is 9.59 Å². The second-order valence-electron chi connectivity index (χ2n) is 7.55. The number of para-hydroxylation sites is 1. The summed E-state index contributed by atoms with van der Waals surface area (Å²) in [6.07, 6.45) is 1.21. The lowest BCUT2D eigenvalue weighted by molar-refractivity contribution is -0.121. The first-order chi connectivity index (χ1) is 15.1. The number of likely N-dealkylation sites (tertiary alicyclic amines) is 1. The van der Waals surface area contributed by atoms with E-state index in [1.54, 1.807) is 37.3 Å². The van der Waals surface area contributed by atoms with Crippen molar-refractivity contribution in [3.05, 3.63) is 60.2 Å². The molecular weight excluding hydrogens is 394 g/mol. The summed E-state index contributed by atoms with van der Waals surface area (Å²) in [6, 6.07) is 16.7. The van der Waals surface area contributed by atoms with Crippen molar-refractivity contribution in [2.75, 3.05) is 32.6 Å². The molecule has 0 bridgehead atoms. The van der Waals surface area contributed by atoms with E-state index < -0.39 is 0 Å². The Kier molecular flexibility index (Phi) is 6.02. The summed E-state index contributed by atoms with van der Waals surface area (Å²) in [5.74, 6) is 1.38. The van der Waals surface area contributed by atoms with E-state index in [0.717, 1.165) is 10.9 Å². The zero-order valence-electron chi connectivity index (χ0n) is 17.6. The van der Waals surface area contributed by atoms with Crippen LogP contribution in [0.25, 0.3) is 10.9 Å². The number of amides is 2. The molecule has 0 spiro atoms. The molecule has 0 radical (unpaired) electrons. The Hall–Kier alpha value is -3.61. The van der Waals surface area contributed by atoms with Gasteiger partial charge in [-0.05, 0) is 43.2 Å². The van der Waals surface area contributed by atoms with Crippen molar-refractivity contribution in [3.63, 3.8) is 0 Å². The zero-order chi connectivity index (χ0) is 21.8. The van der Waals surface area contributed by atoms with Crippen molar-refractivity contribution in [1.29, 1.82) is 0 Å².